The maximum atomic E-state index is 8.36. The summed E-state index contributed by atoms with van der Waals surface area (Å²) >= 11 is 0. The highest BCUT2D eigenvalue weighted by atomic mass is 16.3. The molecule has 0 bridgehead atoms. The molecule has 0 aliphatic heterocycles. The topological polar surface area (TPSA) is 121 Å². The average Bonchev–Trinajstić information content (AvgIpc) is 3.15. The van der Waals surface area contributed by atoms with Crippen LogP contribution in [-0.4, -0.2) is 55.8 Å². The summed E-state index contributed by atoms with van der Waals surface area (Å²) in [5.41, 5.74) is 4.79. The van der Waals surface area contributed by atoms with Crippen molar-refractivity contribution in [1.82, 2.24) is 30.1 Å². The second-order valence-electron chi connectivity index (χ2n) is 6.57. The van der Waals surface area contributed by atoms with Gasteiger partial charge in [-0.2, -0.15) is 5.10 Å². The van der Waals surface area contributed by atoms with E-state index >= 15 is 0 Å². The first-order chi connectivity index (χ1) is 13.9. The van der Waals surface area contributed by atoms with E-state index in [4.69, 9.17) is 14.9 Å². The summed E-state index contributed by atoms with van der Waals surface area (Å²) in [6.07, 6.45) is 3.61. The molecule has 0 fully saturated rings. The second-order valence-corrected chi connectivity index (χ2v) is 6.57. The highest BCUT2D eigenvalue weighted by Crippen LogP contribution is 2.27. The number of anilines is 1. The van der Waals surface area contributed by atoms with Gasteiger partial charge in [0.05, 0.1) is 11.2 Å². The predicted molar refractivity (Wildman–Crippen MR) is 111 cm³/mol. The van der Waals surface area contributed by atoms with E-state index < -0.39 is 0 Å². The molecule has 0 saturated heterocycles. The normalized spacial score (nSPS) is 10.3. The van der Waals surface area contributed by atoms with Gasteiger partial charge in [0.25, 0.3) is 6.47 Å². The molecule has 9 nitrogen and oxygen atoms in total. The number of rotatable bonds is 3. The van der Waals surface area contributed by atoms with Gasteiger partial charge in [0.1, 0.15) is 5.82 Å². The van der Waals surface area contributed by atoms with Crippen LogP contribution in [0.5, 0.6) is 0 Å². The standard InChI is InChI=1S/C19H19N7.CH2O2/c1-11-7-17(14-9-20-19(21-10-14)26(3)4)23-16-6-5-13(8-15(11)16)18-22-12(2)24-25-18;2-1-3/h5-10H,1-4H3,(H,22,24,25);1H,(H,2,3). The fourth-order valence-electron chi connectivity index (χ4n) is 2.84. The minimum atomic E-state index is -0.250. The molecule has 0 aliphatic carbocycles. The van der Waals surface area contributed by atoms with E-state index in [0.717, 1.165) is 39.1 Å². The molecule has 29 heavy (non-hydrogen) atoms. The van der Waals surface area contributed by atoms with E-state index in [9.17, 15) is 0 Å². The molecule has 0 unspecified atom stereocenters. The van der Waals surface area contributed by atoms with Gasteiger partial charge < -0.3 is 10.0 Å². The largest absolute Gasteiger partial charge is 0.483 e. The third-order valence-electron chi connectivity index (χ3n) is 4.20. The summed E-state index contributed by atoms with van der Waals surface area (Å²) in [7, 11) is 3.83. The van der Waals surface area contributed by atoms with Crippen LogP contribution in [0.15, 0.2) is 36.7 Å². The van der Waals surface area contributed by atoms with Gasteiger partial charge in [0.2, 0.25) is 5.95 Å². The van der Waals surface area contributed by atoms with Crippen molar-refractivity contribution in [2.45, 2.75) is 13.8 Å². The fourth-order valence-corrected chi connectivity index (χ4v) is 2.84. The van der Waals surface area contributed by atoms with Crippen molar-refractivity contribution in [3.8, 4) is 22.6 Å². The lowest BCUT2D eigenvalue weighted by Gasteiger charge is -2.11. The van der Waals surface area contributed by atoms with Gasteiger partial charge in [-0.3, -0.25) is 9.89 Å². The quantitative estimate of drug-likeness (QED) is 0.511. The van der Waals surface area contributed by atoms with Crippen LogP contribution in [0.4, 0.5) is 5.95 Å². The number of H-pyrrole nitrogens is 1. The number of aryl methyl sites for hydroxylation is 2. The number of carbonyl (C=O) groups is 1. The maximum absolute atomic E-state index is 8.36. The van der Waals surface area contributed by atoms with Crippen LogP contribution in [0, 0.1) is 13.8 Å². The van der Waals surface area contributed by atoms with Gasteiger partial charge in [-0.1, -0.05) is 0 Å². The molecule has 0 amide bonds. The van der Waals surface area contributed by atoms with Crippen molar-refractivity contribution in [2.75, 3.05) is 19.0 Å². The van der Waals surface area contributed by atoms with Crippen LogP contribution in [0.1, 0.15) is 11.4 Å². The first kappa shape index (κ1) is 19.9. The highest BCUT2D eigenvalue weighted by molar-refractivity contribution is 5.88. The average molecular weight is 391 g/mol. The predicted octanol–water partition coefficient (Wildman–Crippen LogP) is 2.86. The third kappa shape index (κ3) is 4.34. The summed E-state index contributed by atoms with van der Waals surface area (Å²) in [4.78, 5) is 28.2. The number of carboxylic acid groups (broad SMARTS) is 1. The van der Waals surface area contributed by atoms with Crippen molar-refractivity contribution in [3.05, 3.63) is 48.0 Å². The summed E-state index contributed by atoms with van der Waals surface area (Å²) in [5.74, 6) is 2.17. The van der Waals surface area contributed by atoms with Crippen LogP contribution < -0.4 is 4.90 Å². The van der Waals surface area contributed by atoms with Gasteiger partial charge in [0.15, 0.2) is 5.82 Å². The molecule has 4 aromatic rings. The monoisotopic (exact) mass is 391 g/mol. The Hall–Kier alpha value is -3.88. The Morgan fingerprint density at radius 3 is 2.31 bits per heavy atom. The number of nitrogens with one attached hydrogen (secondary N) is 1. The molecular formula is C20H21N7O2. The van der Waals surface area contributed by atoms with E-state index in [2.05, 4.69) is 44.2 Å². The molecule has 0 saturated carbocycles. The number of aromatic amines is 1. The van der Waals surface area contributed by atoms with Crippen molar-refractivity contribution < 1.29 is 9.90 Å². The van der Waals surface area contributed by atoms with Gasteiger partial charge in [-0.25, -0.2) is 19.9 Å². The molecule has 1 aromatic carbocycles. The van der Waals surface area contributed by atoms with Crippen molar-refractivity contribution in [2.24, 2.45) is 0 Å². The number of aromatic nitrogens is 6. The maximum Gasteiger partial charge on any atom is 0.290 e. The number of pyridine rings is 1. The number of nitrogens with zero attached hydrogens (tertiary/aromatic N) is 6. The molecule has 0 spiro atoms. The Balaban J connectivity index is 0.000000755. The Labute approximate surface area is 167 Å². The van der Waals surface area contributed by atoms with Gasteiger partial charge in [-0.05, 0) is 43.7 Å². The summed E-state index contributed by atoms with van der Waals surface area (Å²) < 4.78 is 0. The zero-order valence-corrected chi connectivity index (χ0v) is 16.6. The lowest BCUT2D eigenvalue weighted by Crippen LogP contribution is -2.12. The first-order valence-electron chi connectivity index (χ1n) is 8.81. The molecule has 3 aromatic heterocycles. The lowest BCUT2D eigenvalue weighted by molar-refractivity contribution is -0.122. The molecule has 0 atom stereocenters. The summed E-state index contributed by atoms with van der Waals surface area (Å²) in [6, 6.07) is 8.13. The first-order valence-corrected chi connectivity index (χ1v) is 8.81. The number of hydrogen-bond acceptors (Lipinski definition) is 7. The molecular weight excluding hydrogens is 370 g/mol. The molecule has 0 aliphatic rings. The molecule has 0 radical (unpaired) electrons. The van der Waals surface area contributed by atoms with E-state index in [1.165, 1.54) is 0 Å². The smallest absolute Gasteiger partial charge is 0.290 e. The molecule has 9 heteroatoms. The lowest BCUT2D eigenvalue weighted by atomic mass is 10.0. The highest BCUT2D eigenvalue weighted by Gasteiger charge is 2.10. The third-order valence-corrected chi connectivity index (χ3v) is 4.20. The van der Waals surface area contributed by atoms with E-state index in [1.54, 1.807) is 12.4 Å². The fraction of sp³-hybridized carbons (Fsp3) is 0.200. The molecule has 148 valence electrons. The number of benzene rings is 1. The van der Waals surface area contributed by atoms with Crippen LogP contribution in [0.3, 0.4) is 0 Å². The van der Waals surface area contributed by atoms with Crippen LogP contribution in [-0.2, 0) is 4.79 Å². The Bertz CT molecular complexity index is 1140. The Kier molecular flexibility index (Phi) is 5.77. The molecule has 2 N–H and O–H groups in total. The number of fused-ring (bicyclic) bond motifs is 1. The second kappa shape index (κ2) is 8.42. The minimum absolute atomic E-state index is 0.250. The van der Waals surface area contributed by atoms with E-state index in [1.807, 2.05) is 38.1 Å². The van der Waals surface area contributed by atoms with Gasteiger partial charge in [-0.15, -0.1) is 0 Å². The van der Waals surface area contributed by atoms with Gasteiger partial charge in [0, 0.05) is 43.0 Å². The zero-order chi connectivity index (χ0) is 21.0. The molecule has 4 rings (SSSR count). The summed E-state index contributed by atoms with van der Waals surface area (Å²) in [5, 5.41) is 15.1. The van der Waals surface area contributed by atoms with Crippen molar-refractivity contribution in [3.63, 3.8) is 0 Å². The van der Waals surface area contributed by atoms with Crippen LogP contribution in [0.2, 0.25) is 0 Å². The number of hydrogen-bond donors (Lipinski definition) is 2. The minimum Gasteiger partial charge on any atom is -0.483 e. The zero-order valence-electron chi connectivity index (χ0n) is 16.6. The van der Waals surface area contributed by atoms with Crippen molar-refractivity contribution in [1.29, 1.82) is 0 Å². The van der Waals surface area contributed by atoms with Crippen LogP contribution >= 0.6 is 0 Å². The summed E-state index contributed by atoms with van der Waals surface area (Å²) in [6.45, 7) is 3.72. The Morgan fingerprint density at radius 2 is 1.72 bits per heavy atom. The van der Waals surface area contributed by atoms with Crippen molar-refractivity contribution >= 4 is 23.3 Å². The molecule has 3 heterocycles. The van der Waals surface area contributed by atoms with E-state index in [0.29, 0.717) is 11.8 Å². The SMILES string of the molecule is Cc1nc(-c2ccc3nc(-c4cnc(N(C)C)nc4)cc(C)c3c2)n[nH]1.O=CO. The van der Waals surface area contributed by atoms with Gasteiger partial charge >= 0.3 is 0 Å². The van der Waals surface area contributed by atoms with E-state index in [-0.39, 0.29) is 6.47 Å². The van der Waals surface area contributed by atoms with Crippen LogP contribution in [0.25, 0.3) is 33.5 Å². The Morgan fingerprint density at radius 1 is 1.03 bits per heavy atom.